The zero-order chi connectivity index (χ0) is 8.65. The molecule has 66 valence electrons. The van der Waals surface area contributed by atoms with Gasteiger partial charge in [0.15, 0.2) is 0 Å². The van der Waals surface area contributed by atoms with E-state index in [-0.39, 0.29) is 0 Å². The van der Waals surface area contributed by atoms with E-state index in [4.69, 9.17) is 0 Å². The molecular weight excluding hydrogens is 138 g/mol. The first kappa shape index (κ1) is 9.01. The predicted molar refractivity (Wildman–Crippen MR) is 46.5 cm³/mol. The Morgan fingerprint density at radius 3 is 2.27 bits per heavy atom. The fraction of sp³-hybridized carbons (Fsp3) is 1.00. The minimum Gasteiger partial charge on any atom is -0.388 e. The Kier molecular flexibility index (Phi) is 2.26. The van der Waals surface area contributed by atoms with Crippen molar-refractivity contribution in [3.05, 3.63) is 0 Å². The fourth-order valence-corrected chi connectivity index (χ4v) is 2.39. The monoisotopic (exact) mass is 157 g/mol. The highest BCUT2D eigenvalue weighted by atomic mass is 16.3. The molecule has 0 radical (unpaired) electrons. The van der Waals surface area contributed by atoms with Gasteiger partial charge in [0.25, 0.3) is 0 Å². The first-order chi connectivity index (χ1) is 4.95. The molecule has 1 N–H and O–H groups in total. The van der Waals surface area contributed by atoms with Crippen LogP contribution in [0, 0.1) is 5.92 Å². The number of likely N-dealkylation sites (N-methyl/N-ethyl adjacent to an activating group) is 1. The topological polar surface area (TPSA) is 23.5 Å². The van der Waals surface area contributed by atoms with Crippen molar-refractivity contribution >= 4 is 0 Å². The van der Waals surface area contributed by atoms with Crippen molar-refractivity contribution in [1.82, 2.24) is 4.90 Å². The summed E-state index contributed by atoms with van der Waals surface area (Å²) in [7, 11) is 2.09. The molecule has 1 aliphatic rings. The van der Waals surface area contributed by atoms with E-state index in [0.29, 0.717) is 12.0 Å². The third-order valence-corrected chi connectivity index (χ3v) is 2.71. The zero-order valence-corrected chi connectivity index (χ0v) is 7.96. The van der Waals surface area contributed by atoms with Crippen LogP contribution in [0.25, 0.3) is 0 Å². The van der Waals surface area contributed by atoms with Crippen LogP contribution in [-0.4, -0.2) is 35.2 Å². The zero-order valence-electron chi connectivity index (χ0n) is 7.96. The van der Waals surface area contributed by atoms with Gasteiger partial charge >= 0.3 is 0 Å². The number of rotatable bonds is 1. The standard InChI is InChI=1S/C9H19NO/c1-7(2)8-9(3,11)5-6-10(8)4/h7-8,11H,5-6H2,1-4H3. The van der Waals surface area contributed by atoms with Gasteiger partial charge in [0.1, 0.15) is 0 Å². The van der Waals surface area contributed by atoms with Gasteiger partial charge in [0, 0.05) is 12.6 Å². The number of hydrogen-bond acceptors (Lipinski definition) is 2. The Bertz CT molecular complexity index is 142. The maximum atomic E-state index is 9.95. The van der Waals surface area contributed by atoms with E-state index in [2.05, 4.69) is 25.8 Å². The maximum absolute atomic E-state index is 9.95. The van der Waals surface area contributed by atoms with Crippen molar-refractivity contribution in [2.75, 3.05) is 13.6 Å². The largest absolute Gasteiger partial charge is 0.388 e. The van der Waals surface area contributed by atoms with E-state index in [1.807, 2.05) is 6.92 Å². The molecule has 1 heterocycles. The van der Waals surface area contributed by atoms with Crippen molar-refractivity contribution in [1.29, 1.82) is 0 Å². The third kappa shape index (κ3) is 1.57. The van der Waals surface area contributed by atoms with Crippen LogP contribution in [0.5, 0.6) is 0 Å². The lowest BCUT2D eigenvalue weighted by atomic mass is 9.89. The minimum absolute atomic E-state index is 0.336. The second-order valence-electron chi connectivity index (χ2n) is 4.28. The van der Waals surface area contributed by atoms with Gasteiger partial charge in [-0.3, -0.25) is 0 Å². The van der Waals surface area contributed by atoms with Crippen LogP contribution in [0.4, 0.5) is 0 Å². The molecule has 0 aliphatic carbocycles. The lowest BCUT2D eigenvalue weighted by Crippen LogP contribution is -2.44. The normalized spacial score (nSPS) is 40.4. The second kappa shape index (κ2) is 2.76. The molecule has 1 saturated heterocycles. The van der Waals surface area contributed by atoms with Crippen LogP contribution in [-0.2, 0) is 0 Å². The third-order valence-electron chi connectivity index (χ3n) is 2.71. The van der Waals surface area contributed by atoms with Crippen molar-refractivity contribution in [3.8, 4) is 0 Å². The number of aliphatic hydroxyl groups is 1. The highest BCUT2D eigenvalue weighted by Crippen LogP contribution is 2.31. The van der Waals surface area contributed by atoms with E-state index in [1.54, 1.807) is 0 Å². The predicted octanol–water partition coefficient (Wildman–Crippen LogP) is 1.10. The molecule has 0 amide bonds. The van der Waals surface area contributed by atoms with E-state index in [9.17, 15) is 5.11 Å². The number of likely N-dealkylation sites (tertiary alicyclic amines) is 1. The summed E-state index contributed by atoms with van der Waals surface area (Å²) >= 11 is 0. The Labute approximate surface area is 69.2 Å². The molecule has 0 aromatic carbocycles. The van der Waals surface area contributed by atoms with Crippen LogP contribution < -0.4 is 0 Å². The van der Waals surface area contributed by atoms with Crippen LogP contribution in [0.2, 0.25) is 0 Å². The van der Waals surface area contributed by atoms with Gasteiger partial charge < -0.3 is 10.0 Å². The Balaban J connectivity index is 2.72. The van der Waals surface area contributed by atoms with E-state index >= 15 is 0 Å². The minimum atomic E-state index is -0.469. The maximum Gasteiger partial charge on any atom is 0.0788 e. The average molecular weight is 157 g/mol. The van der Waals surface area contributed by atoms with Gasteiger partial charge in [-0.1, -0.05) is 13.8 Å². The molecule has 0 aromatic rings. The smallest absolute Gasteiger partial charge is 0.0788 e. The Hall–Kier alpha value is -0.0800. The summed E-state index contributed by atoms with van der Waals surface area (Å²) in [6, 6.07) is 0.336. The lowest BCUT2D eigenvalue weighted by Gasteiger charge is -2.32. The van der Waals surface area contributed by atoms with Crippen molar-refractivity contribution in [2.45, 2.75) is 38.8 Å². The van der Waals surface area contributed by atoms with Gasteiger partial charge in [-0.25, -0.2) is 0 Å². The van der Waals surface area contributed by atoms with Gasteiger partial charge in [0.05, 0.1) is 5.60 Å². The van der Waals surface area contributed by atoms with E-state index in [1.165, 1.54) is 0 Å². The van der Waals surface area contributed by atoms with Gasteiger partial charge in [-0.15, -0.1) is 0 Å². The molecule has 2 nitrogen and oxygen atoms in total. The van der Waals surface area contributed by atoms with Crippen LogP contribution >= 0.6 is 0 Å². The molecule has 0 aromatic heterocycles. The average Bonchev–Trinajstić information content (AvgIpc) is 2.06. The highest BCUT2D eigenvalue weighted by Gasteiger charge is 2.41. The van der Waals surface area contributed by atoms with Crippen molar-refractivity contribution in [2.24, 2.45) is 5.92 Å². The summed E-state index contributed by atoms with van der Waals surface area (Å²) in [6.07, 6.45) is 0.909. The van der Waals surface area contributed by atoms with Gasteiger partial charge in [0.2, 0.25) is 0 Å². The summed E-state index contributed by atoms with van der Waals surface area (Å²) in [5.74, 6) is 0.539. The van der Waals surface area contributed by atoms with Crippen LogP contribution in [0.1, 0.15) is 27.2 Å². The fourth-order valence-electron chi connectivity index (χ4n) is 2.39. The summed E-state index contributed by atoms with van der Waals surface area (Å²) in [5.41, 5.74) is -0.469. The van der Waals surface area contributed by atoms with Crippen LogP contribution in [0.3, 0.4) is 0 Å². The van der Waals surface area contributed by atoms with Crippen molar-refractivity contribution in [3.63, 3.8) is 0 Å². The summed E-state index contributed by atoms with van der Waals surface area (Å²) in [5, 5.41) is 9.95. The molecule has 0 saturated carbocycles. The molecule has 11 heavy (non-hydrogen) atoms. The quantitative estimate of drug-likeness (QED) is 0.616. The Morgan fingerprint density at radius 1 is 1.55 bits per heavy atom. The number of nitrogens with zero attached hydrogens (tertiary/aromatic N) is 1. The van der Waals surface area contributed by atoms with Gasteiger partial charge in [-0.2, -0.15) is 0 Å². The first-order valence-electron chi connectivity index (χ1n) is 4.38. The SMILES string of the molecule is CC(C)C1N(C)CCC1(C)O. The molecule has 2 heteroatoms. The highest BCUT2D eigenvalue weighted by molar-refractivity contribution is 4.96. The van der Waals surface area contributed by atoms with Crippen LogP contribution in [0.15, 0.2) is 0 Å². The molecule has 0 bridgehead atoms. The molecule has 2 unspecified atom stereocenters. The summed E-state index contributed by atoms with van der Waals surface area (Å²) < 4.78 is 0. The Morgan fingerprint density at radius 2 is 2.09 bits per heavy atom. The molecule has 1 rings (SSSR count). The first-order valence-corrected chi connectivity index (χ1v) is 4.38. The summed E-state index contributed by atoms with van der Waals surface area (Å²) in [4.78, 5) is 2.25. The molecule has 0 spiro atoms. The number of hydrogen-bond donors (Lipinski definition) is 1. The van der Waals surface area contributed by atoms with E-state index in [0.717, 1.165) is 13.0 Å². The lowest BCUT2D eigenvalue weighted by molar-refractivity contribution is 0.00667. The molecule has 1 aliphatic heterocycles. The molecule has 2 atom stereocenters. The van der Waals surface area contributed by atoms with Gasteiger partial charge in [-0.05, 0) is 26.3 Å². The second-order valence-corrected chi connectivity index (χ2v) is 4.28. The molecular formula is C9H19NO. The van der Waals surface area contributed by atoms with Crippen molar-refractivity contribution < 1.29 is 5.11 Å². The van der Waals surface area contributed by atoms with E-state index < -0.39 is 5.60 Å². The summed E-state index contributed by atoms with van der Waals surface area (Å²) in [6.45, 7) is 7.30. The molecule has 1 fully saturated rings.